The van der Waals surface area contributed by atoms with E-state index in [-0.39, 0.29) is 22.8 Å². The van der Waals surface area contributed by atoms with E-state index < -0.39 is 33.9 Å². The molecule has 0 radical (unpaired) electrons. The van der Waals surface area contributed by atoms with E-state index in [0.717, 1.165) is 3.97 Å². The molecule has 4 rings (SSSR count). The standard InChI is InChI=1S/C23H28FN5O4S/c1-23(2,3)33-22(30)28-11-10-19(17(24)14-28)27-20-16-9-12-29(21(16)26-13-18(20)25)34(31,32)15-7-5-4-6-8-15/h4-9,12-13,17,19H,10-11,14,25H2,1-3H3,(H,26,27)/t17-,19-/m1/s1. The Labute approximate surface area is 197 Å². The van der Waals surface area contributed by atoms with Crippen LogP contribution in [0.1, 0.15) is 27.2 Å². The monoisotopic (exact) mass is 489 g/mol. The highest BCUT2D eigenvalue weighted by atomic mass is 32.2. The molecule has 3 aromatic rings. The molecule has 1 aromatic carbocycles. The number of hydrogen-bond acceptors (Lipinski definition) is 7. The molecule has 1 saturated heterocycles. The number of nitrogens with zero attached hydrogens (tertiary/aromatic N) is 3. The number of anilines is 2. The number of fused-ring (bicyclic) bond motifs is 1. The van der Waals surface area contributed by atoms with E-state index >= 15 is 4.39 Å². The summed E-state index contributed by atoms with van der Waals surface area (Å²) < 4.78 is 47.7. The number of amides is 1. The Kier molecular flexibility index (Phi) is 6.15. The van der Waals surface area contributed by atoms with Crippen LogP contribution in [0, 0.1) is 0 Å². The molecule has 182 valence electrons. The van der Waals surface area contributed by atoms with Gasteiger partial charge < -0.3 is 20.7 Å². The fourth-order valence-electron chi connectivity index (χ4n) is 3.88. The van der Waals surface area contributed by atoms with Crippen molar-refractivity contribution in [2.75, 3.05) is 24.1 Å². The van der Waals surface area contributed by atoms with Crippen LogP contribution in [0.15, 0.2) is 53.7 Å². The summed E-state index contributed by atoms with van der Waals surface area (Å²) in [4.78, 5) is 18.0. The molecule has 0 spiro atoms. The highest BCUT2D eigenvalue weighted by Crippen LogP contribution is 2.33. The van der Waals surface area contributed by atoms with E-state index in [4.69, 9.17) is 10.5 Å². The van der Waals surface area contributed by atoms with E-state index in [2.05, 4.69) is 10.3 Å². The van der Waals surface area contributed by atoms with Crippen molar-refractivity contribution in [3.63, 3.8) is 0 Å². The third-order valence-electron chi connectivity index (χ3n) is 5.53. The number of halogens is 1. The molecular weight excluding hydrogens is 461 g/mol. The maximum Gasteiger partial charge on any atom is 0.410 e. The van der Waals surface area contributed by atoms with Crippen LogP contribution in [0.4, 0.5) is 20.6 Å². The van der Waals surface area contributed by atoms with E-state index in [1.165, 1.54) is 29.4 Å². The number of aromatic nitrogens is 2. The lowest BCUT2D eigenvalue weighted by molar-refractivity contribution is 0.0125. The Morgan fingerprint density at radius 3 is 2.59 bits per heavy atom. The largest absolute Gasteiger partial charge is 0.444 e. The zero-order valence-electron chi connectivity index (χ0n) is 19.2. The maximum absolute atomic E-state index is 15.1. The molecule has 34 heavy (non-hydrogen) atoms. The van der Waals surface area contributed by atoms with Gasteiger partial charge in [0.15, 0.2) is 5.65 Å². The summed E-state index contributed by atoms with van der Waals surface area (Å²) in [5.41, 5.74) is 6.33. The van der Waals surface area contributed by atoms with Gasteiger partial charge in [-0.1, -0.05) is 18.2 Å². The number of nitrogens with two attached hydrogens (primary N) is 1. The third-order valence-corrected chi connectivity index (χ3v) is 7.21. The van der Waals surface area contributed by atoms with Crippen molar-refractivity contribution in [3.05, 3.63) is 48.8 Å². The van der Waals surface area contributed by atoms with Gasteiger partial charge in [0.05, 0.1) is 35.1 Å². The molecule has 3 N–H and O–H groups in total. The minimum absolute atomic E-state index is 0.121. The molecule has 0 unspecified atom stereocenters. The van der Waals surface area contributed by atoms with Gasteiger partial charge in [-0.15, -0.1) is 0 Å². The molecule has 1 aliphatic heterocycles. The third kappa shape index (κ3) is 4.65. The Morgan fingerprint density at radius 2 is 1.94 bits per heavy atom. The highest BCUT2D eigenvalue weighted by Gasteiger charge is 2.34. The first-order valence-corrected chi connectivity index (χ1v) is 12.4. The average molecular weight is 490 g/mol. The van der Waals surface area contributed by atoms with Crippen molar-refractivity contribution < 1.29 is 22.3 Å². The van der Waals surface area contributed by atoms with Crippen molar-refractivity contribution in [1.82, 2.24) is 13.9 Å². The van der Waals surface area contributed by atoms with Crippen molar-refractivity contribution >= 4 is 38.5 Å². The predicted octanol–water partition coefficient (Wildman–Crippen LogP) is 3.61. The Balaban J connectivity index is 1.58. The van der Waals surface area contributed by atoms with Crippen molar-refractivity contribution in [1.29, 1.82) is 0 Å². The maximum atomic E-state index is 15.1. The van der Waals surface area contributed by atoms with Crippen LogP contribution in [0.3, 0.4) is 0 Å². The summed E-state index contributed by atoms with van der Waals surface area (Å²) in [7, 11) is -3.87. The molecule has 0 saturated carbocycles. The normalized spacial score (nSPS) is 19.2. The number of benzene rings is 1. The van der Waals surface area contributed by atoms with Crippen LogP contribution in [-0.2, 0) is 14.8 Å². The van der Waals surface area contributed by atoms with Gasteiger partial charge in [0.1, 0.15) is 11.8 Å². The number of pyridine rings is 1. The molecule has 1 amide bonds. The number of rotatable bonds is 4. The SMILES string of the molecule is CC(C)(C)OC(=O)N1CC[C@@H](Nc2c(N)cnc3c2ccn3S(=O)(=O)c2ccccc2)[C@H](F)C1. The van der Waals surface area contributed by atoms with Gasteiger partial charge in [0.25, 0.3) is 10.0 Å². The molecule has 11 heteroatoms. The Hall–Kier alpha value is -3.34. The molecule has 3 heterocycles. The van der Waals surface area contributed by atoms with Gasteiger partial charge in [-0.2, -0.15) is 0 Å². The smallest absolute Gasteiger partial charge is 0.410 e. The van der Waals surface area contributed by atoms with Gasteiger partial charge in [-0.25, -0.2) is 26.6 Å². The van der Waals surface area contributed by atoms with E-state index in [1.54, 1.807) is 45.0 Å². The van der Waals surface area contributed by atoms with Gasteiger partial charge >= 0.3 is 6.09 Å². The van der Waals surface area contributed by atoms with Crippen LogP contribution >= 0.6 is 0 Å². The second-order valence-electron chi connectivity index (χ2n) is 9.24. The minimum atomic E-state index is -3.87. The van der Waals surface area contributed by atoms with Gasteiger partial charge in [0.2, 0.25) is 0 Å². The van der Waals surface area contributed by atoms with Crippen LogP contribution in [0.5, 0.6) is 0 Å². The quantitative estimate of drug-likeness (QED) is 0.574. The topological polar surface area (TPSA) is 120 Å². The Bertz CT molecular complexity index is 1300. The number of piperidine rings is 1. The lowest BCUT2D eigenvalue weighted by atomic mass is 10.0. The first kappa shape index (κ1) is 23.8. The first-order chi connectivity index (χ1) is 16.0. The number of alkyl halides is 1. The van der Waals surface area contributed by atoms with E-state index in [1.807, 2.05) is 0 Å². The summed E-state index contributed by atoms with van der Waals surface area (Å²) in [6.07, 6.45) is 1.15. The van der Waals surface area contributed by atoms with E-state index in [9.17, 15) is 13.2 Å². The average Bonchev–Trinajstić information content (AvgIpc) is 3.21. The zero-order chi connectivity index (χ0) is 24.7. The molecule has 2 aromatic heterocycles. The van der Waals surface area contributed by atoms with Crippen molar-refractivity contribution in [3.8, 4) is 0 Å². The van der Waals surface area contributed by atoms with Crippen molar-refractivity contribution in [2.45, 2.75) is 49.9 Å². The Morgan fingerprint density at radius 1 is 1.24 bits per heavy atom. The minimum Gasteiger partial charge on any atom is -0.444 e. The summed E-state index contributed by atoms with van der Waals surface area (Å²) in [6, 6.07) is 8.98. The van der Waals surface area contributed by atoms with Gasteiger partial charge in [0, 0.05) is 18.1 Å². The lowest BCUT2D eigenvalue weighted by Crippen LogP contribution is -2.51. The number of carbonyl (C=O) groups excluding carboxylic acids is 1. The summed E-state index contributed by atoms with van der Waals surface area (Å²) >= 11 is 0. The molecular formula is C23H28FN5O4S. The first-order valence-electron chi connectivity index (χ1n) is 10.9. The van der Waals surface area contributed by atoms with Crippen LogP contribution in [0.25, 0.3) is 11.0 Å². The van der Waals surface area contributed by atoms with Gasteiger partial charge in [-0.3, -0.25) is 0 Å². The second kappa shape index (κ2) is 8.79. The van der Waals surface area contributed by atoms with Crippen LogP contribution in [0.2, 0.25) is 0 Å². The number of likely N-dealkylation sites (tertiary alicyclic amines) is 1. The molecule has 0 bridgehead atoms. The molecule has 0 aliphatic carbocycles. The van der Waals surface area contributed by atoms with Crippen molar-refractivity contribution in [2.24, 2.45) is 0 Å². The van der Waals surface area contributed by atoms with E-state index in [0.29, 0.717) is 24.0 Å². The number of hydrogen-bond donors (Lipinski definition) is 2. The van der Waals surface area contributed by atoms with Crippen LogP contribution in [-0.4, -0.2) is 59.3 Å². The number of nitrogen functional groups attached to an aromatic ring is 1. The molecule has 1 fully saturated rings. The number of carbonyl (C=O) groups is 1. The number of ether oxygens (including phenoxy) is 1. The summed E-state index contributed by atoms with van der Waals surface area (Å²) in [5.74, 6) is 0. The molecule has 2 atom stereocenters. The molecule has 1 aliphatic rings. The second-order valence-corrected chi connectivity index (χ2v) is 11.1. The lowest BCUT2D eigenvalue weighted by Gasteiger charge is -2.36. The van der Waals surface area contributed by atoms with Crippen LogP contribution < -0.4 is 11.1 Å². The fourth-order valence-corrected chi connectivity index (χ4v) is 5.21. The molecule has 9 nitrogen and oxygen atoms in total. The fraction of sp³-hybridized carbons (Fsp3) is 0.391. The summed E-state index contributed by atoms with van der Waals surface area (Å²) in [6.45, 7) is 5.46. The zero-order valence-corrected chi connectivity index (χ0v) is 20.0. The highest BCUT2D eigenvalue weighted by molar-refractivity contribution is 7.90. The summed E-state index contributed by atoms with van der Waals surface area (Å²) in [5, 5.41) is 3.59. The van der Waals surface area contributed by atoms with Gasteiger partial charge in [-0.05, 0) is 45.4 Å². The number of nitrogens with one attached hydrogen (secondary N) is 1. The predicted molar refractivity (Wildman–Crippen MR) is 128 cm³/mol.